The van der Waals surface area contributed by atoms with Gasteiger partial charge in [-0.3, -0.25) is 9.69 Å². The quantitative estimate of drug-likeness (QED) is 0.626. The number of β-lactam (4-membered cyclic amide) rings is 1. The molecule has 0 spiro atoms. The number of aryl methyl sites for hydroxylation is 1. The number of amides is 1. The third-order valence-corrected chi connectivity index (χ3v) is 4.23. The zero-order chi connectivity index (χ0) is 13.7. The Balaban J connectivity index is 2.09. The van der Waals surface area contributed by atoms with E-state index in [0.717, 1.165) is 4.80 Å². The molecule has 1 fully saturated rings. The van der Waals surface area contributed by atoms with Crippen molar-refractivity contribution in [1.29, 1.82) is 0 Å². The predicted molar refractivity (Wildman–Crippen MR) is 64.5 cm³/mol. The van der Waals surface area contributed by atoms with Crippen molar-refractivity contribution in [2.45, 2.75) is 18.3 Å². The first-order valence-electron chi connectivity index (χ1n) is 5.44. The molecule has 1 aromatic heterocycles. The number of thioether (sulfide) groups is 1. The van der Waals surface area contributed by atoms with Crippen molar-refractivity contribution in [1.82, 2.24) is 25.1 Å². The maximum absolute atomic E-state index is 11.7. The Morgan fingerprint density at radius 2 is 2.32 bits per heavy atom. The van der Waals surface area contributed by atoms with Crippen LogP contribution in [0.4, 0.5) is 0 Å². The molecule has 0 bridgehead atoms. The largest absolute Gasteiger partial charge is 0.477 e. The van der Waals surface area contributed by atoms with Gasteiger partial charge in [-0.05, 0) is 12.1 Å². The van der Waals surface area contributed by atoms with Crippen LogP contribution in [0, 0.1) is 6.92 Å². The average molecular weight is 282 g/mol. The maximum Gasteiger partial charge on any atom is 0.354 e. The van der Waals surface area contributed by atoms with E-state index < -0.39 is 17.9 Å². The molecule has 0 unspecified atom stereocenters. The summed E-state index contributed by atoms with van der Waals surface area (Å²) in [5.41, 5.74) is 5.86. The van der Waals surface area contributed by atoms with Gasteiger partial charge in [0, 0.05) is 5.75 Å². The van der Waals surface area contributed by atoms with Crippen LogP contribution in [-0.2, 0) is 9.59 Å². The summed E-state index contributed by atoms with van der Waals surface area (Å²) < 4.78 is 0. The van der Waals surface area contributed by atoms with Crippen LogP contribution in [-0.4, -0.2) is 59.3 Å². The second kappa shape index (κ2) is 4.03. The van der Waals surface area contributed by atoms with Gasteiger partial charge < -0.3 is 10.8 Å². The highest BCUT2D eigenvalue weighted by Crippen LogP contribution is 2.40. The van der Waals surface area contributed by atoms with E-state index in [-0.39, 0.29) is 11.1 Å². The van der Waals surface area contributed by atoms with E-state index in [1.807, 2.05) is 0 Å². The van der Waals surface area contributed by atoms with Crippen LogP contribution in [0.2, 0.25) is 0 Å². The number of hydrogen-bond donors (Lipinski definition) is 2. The van der Waals surface area contributed by atoms with E-state index in [9.17, 15) is 14.7 Å². The molecule has 2 atom stereocenters. The molecule has 19 heavy (non-hydrogen) atoms. The van der Waals surface area contributed by atoms with Crippen LogP contribution in [0.5, 0.6) is 0 Å². The molecule has 1 saturated heterocycles. The standard InChI is InChI=1S/C9H10N6O3S/c1-3-11-13-15(12-3)4-2-19-8-5(10)7(16)14(8)6(4)9(17)18/h5,8H,2,10H2,1H3,(H,17,18)/t5-,8-/m1/s1. The number of carboxylic acids is 1. The van der Waals surface area contributed by atoms with Crippen LogP contribution >= 0.6 is 11.8 Å². The Morgan fingerprint density at radius 1 is 1.58 bits per heavy atom. The number of hydrogen-bond acceptors (Lipinski definition) is 7. The topological polar surface area (TPSA) is 127 Å². The molecule has 0 saturated carbocycles. The van der Waals surface area contributed by atoms with E-state index in [1.165, 1.54) is 16.7 Å². The van der Waals surface area contributed by atoms with Crippen LogP contribution in [0.1, 0.15) is 5.82 Å². The van der Waals surface area contributed by atoms with Crippen molar-refractivity contribution < 1.29 is 14.7 Å². The average Bonchev–Trinajstić information content (AvgIpc) is 2.82. The summed E-state index contributed by atoms with van der Waals surface area (Å²) in [6.07, 6.45) is 0. The van der Waals surface area contributed by atoms with Crippen molar-refractivity contribution in [2.75, 3.05) is 5.75 Å². The SMILES string of the molecule is Cc1nnn(C2=C(C(=O)O)N3C(=O)[C@@H](N)[C@H]3SC2)n1. The summed E-state index contributed by atoms with van der Waals surface area (Å²) >= 11 is 1.39. The lowest BCUT2D eigenvalue weighted by Gasteiger charge is -2.47. The number of fused-ring (bicyclic) bond motifs is 1. The number of carbonyl (C=O) groups is 2. The maximum atomic E-state index is 11.7. The van der Waals surface area contributed by atoms with Crippen LogP contribution < -0.4 is 5.73 Å². The van der Waals surface area contributed by atoms with Crippen molar-refractivity contribution in [3.8, 4) is 0 Å². The van der Waals surface area contributed by atoms with Gasteiger partial charge in [-0.2, -0.15) is 0 Å². The zero-order valence-electron chi connectivity index (χ0n) is 9.85. The molecule has 0 aliphatic carbocycles. The minimum atomic E-state index is -1.20. The monoisotopic (exact) mass is 282 g/mol. The number of nitrogens with zero attached hydrogens (tertiary/aromatic N) is 5. The normalized spacial score (nSPS) is 26.2. The first-order chi connectivity index (χ1) is 9.00. The number of carboxylic acid groups (broad SMARTS) is 1. The molecule has 100 valence electrons. The minimum absolute atomic E-state index is 0.118. The van der Waals surface area contributed by atoms with Gasteiger partial charge in [0.15, 0.2) is 11.5 Å². The minimum Gasteiger partial charge on any atom is -0.477 e. The van der Waals surface area contributed by atoms with Crippen LogP contribution in [0.3, 0.4) is 0 Å². The highest BCUT2D eigenvalue weighted by molar-refractivity contribution is 8.00. The molecule has 9 nitrogen and oxygen atoms in total. The Bertz CT molecular complexity index is 611. The van der Waals surface area contributed by atoms with Crippen molar-refractivity contribution in [2.24, 2.45) is 5.73 Å². The zero-order valence-corrected chi connectivity index (χ0v) is 10.7. The van der Waals surface area contributed by atoms with E-state index in [2.05, 4.69) is 15.4 Å². The lowest BCUT2D eigenvalue weighted by atomic mass is 10.1. The van der Waals surface area contributed by atoms with Gasteiger partial charge in [-0.1, -0.05) is 0 Å². The lowest BCUT2D eigenvalue weighted by molar-refractivity contribution is -0.147. The summed E-state index contributed by atoms with van der Waals surface area (Å²) in [6, 6.07) is -0.647. The summed E-state index contributed by atoms with van der Waals surface area (Å²) in [5.74, 6) is -0.810. The molecule has 2 aliphatic heterocycles. The smallest absolute Gasteiger partial charge is 0.354 e. The fourth-order valence-corrected chi connectivity index (χ4v) is 3.31. The first kappa shape index (κ1) is 12.1. The fourth-order valence-electron chi connectivity index (χ4n) is 2.05. The first-order valence-corrected chi connectivity index (χ1v) is 6.49. The number of tetrazole rings is 1. The third-order valence-electron chi connectivity index (χ3n) is 2.95. The Hall–Kier alpha value is -1.94. The van der Waals surface area contributed by atoms with Gasteiger partial charge in [0.05, 0.1) is 0 Å². The van der Waals surface area contributed by atoms with Crippen molar-refractivity contribution in [3.63, 3.8) is 0 Å². The summed E-state index contributed by atoms with van der Waals surface area (Å²) in [6.45, 7) is 1.65. The highest BCUT2D eigenvalue weighted by Gasteiger charge is 2.52. The van der Waals surface area contributed by atoms with Gasteiger partial charge in [-0.25, -0.2) is 4.79 Å². The second-order valence-corrected chi connectivity index (χ2v) is 5.27. The van der Waals surface area contributed by atoms with Crippen LogP contribution in [0.15, 0.2) is 5.70 Å². The second-order valence-electron chi connectivity index (χ2n) is 4.16. The molecule has 3 rings (SSSR count). The summed E-state index contributed by atoms with van der Waals surface area (Å²) in [7, 11) is 0. The molecule has 2 aliphatic rings. The van der Waals surface area contributed by atoms with Gasteiger partial charge in [-0.15, -0.1) is 26.8 Å². The van der Waals surface area contributed by atoms with E-state index >= 15 is 0 Å². The number of rotatable bonds is 2. The molecular formula is C9H10N6O3S. The third kappa shape index (κ3) is 1.64. The molecule has 0 aromatic carbocycles. The molecule has 1 amide bonds. The molecular weight excluding hydrogens is 272 g/mol. The van der Waals surface area contributed by atoms with Crippen molar-refractivity contribution >= 4 is 29.3 Å². The molecule has 10 heteroatoms. The highest BCUT2D eigenvalue weighted by atomic mass is 32.2. The van der Waals surface area contributed by atoms with E-state index in [4.69, 9.17) is 5.73 Å². The predicted octanol–water partition coefficient (Wildman–Crippen LogP) is -1.52. The van der Waals surface area contributed by atoms with E-state index in [1.54, 1.807) is 6.92 Å². The number of aliphatic carboxylic acids is 1. The van der Waals surface area contributed by atoms with Crippen molar-refractivity contribution in [3.05, 3.63) is 11.5 Å². The number of carbonyl (C=O) groups excluding carboxylic acids is 1. The van der Waals surface area contributed by atoms with Gasteiger partial charge in [0.2, 0.25) is 5.91 Å². The number of nitrogens with two attached hydrogens (primary N) is 1. The number of aromatic nitrogens is 4. The molecule has 3 N–H and O–H groups in total. The Kier molecular flexibility index (Phi) is 2.57. The Labute approximate surface area is 111 Å². The molecule has 1 aromatic rings. The summed E-state index contributed by atoms with van der Waals surface area (Å²) in [5, 5.41) is 20.4. The lowest BCUT2D eigenvalue weighted by Crippen LogP contribution is -2.68. The van der Waals surface area contributed by atoms with Gasteiger partial charge in [0.25, 0.3) is 0 Å². The molecule has 0 radical (unpaired) electrons. The van der Waals surface area contributed by atoms with Gasteiger partial charge >= 0.3 is 5.97 Å². The van der Waals surface area contributed by atoms with Gasteiger partial charge in [0.1, 0.15) is 17.1 Å². The molecule has 3 heterocycles. The summed E-state index contributed by atoms with van der Waals surface area (Å²) in [4.78, 5) is 25.5. The van der Waals surface area contributed by atoms with Crippen LogP contribution in [0.25, 0.3) is 5.70 Å². The van der Waals surface area contributed by atoms with E-state index in [0.29, 0.717) is 17.3 Å². The fraction of sp³-hybridized carbons (Fsp3) is 0.444. The Morgan fingerprint density at radius 3 is 2.89 bits per heavy atom.